The summed E-state index contributed by atoms with van der Waals surface area (Å²) in [7, 11) is 0. The van der Waals surface area contributed by atoms with E-state index >= 15 is 0 Å². The van der Waals surface area contributed by atoms with Gasteiger partial charge in [0.25, 0.3) is 5.91 Å². The van der Waals surface area contributed by atoms with E-state index < -0.39 is 5.91 Å². The van der Waals surface area contributed by atoms with Gasteiger partial charge in [0.05, 0.1) is 5.75 Å². The first-order valence-electron chi connectivity index (χ1n) is 7.25. The van der Waals surface area contributed by atoms with Crippen LogP contribution in [0.1, 0.15) is 11.1 Å². The maximum absolute atomic E-state index is 11.7. The molecule has 0 spiro atoms. The highest BCUT2D eigenvalue weighted by Gasteiger charge is 2.03. The molecule has 2 N–H and O–H groups in total. The van der Waals surface area contributed by atoms with E-state index in [1.807, 2.05) is 37.3 Å². The van der Waals surface area contributed by atoms with Gasteiger partial charge in [0.1, 0.15) is 0 Å². The van der Waals surface area contributed by atoms with Crippen molar-refractivity contribution in [1.82, 2.24) is 10.9 Å². The van der Waals surface area contributed by atoms with E-state index in [0.29, 0.717) is 5.02 Å². The van der Waals surface area contributed by atoms with Crippen LogP contribution >= 0.6 is 23.4 Å². The molecule has 0 fully saturated rings. The number of rotatable bonds is 5. The molecule has 0 heterocycles. The maximum atomic E-state index is 11.7. The number of benzene rings is 2. The smallest absolute Gasteiger partial charge is 0.262 e. The summed E-state index contributed by atoms with van der Waals surface area (Å²) in [5.41, 5.74) is 6.69. The second-order valence-electron chi connectivity index (χ2n) is 5.03. The van der Waals surface area contributed by atoms with Crippen molar-refractivity contribution in [2.24, 2.45) is 0 Å². The van der Waals surface area contributed by atoms with Crippen LogP contribution in [-0.4, -0.2) is 17.6 Å². The van der Waals surface area contributed by atoms with Gasteiger partial charge in [0.2, 0.25) is 5.91 Å². The fraction of sp³-hybridized carbons (Fsp3) is 0.111. The minimum atomic E-state index is -0.413. The van der Waals surface area contributed by atoms with Gasteiger partial charge in [-0.25, -0.2) is 0 Å². The maximum Gasteiger partial charge on any atom is 0.262 e. The van der Waals surface area contributed by atoms with Crippen LogP contribution in [0.15, 0.2) is 59.5 Å². The molecule has 0 bridgehead atoms. The first kappa shape index (κ1) is 18.1. The summed E-state index contributed by atoms with van der Waals surface area (Å²) >= 11 is 7.27. The van der Waals surface area contributed by atoms with E-state index in [4.69, 9.17) is 11.6 Å². The van der Waals surface area contributed by atoms with Crippen molar-refractivity contribution in [2.45, 2.75) is 11.8 Å². The summed E-state index contributed by atoms with van der Waals surface area (Å²) in [5, 5.41) is 0.596. The zero-order valence-corrected chi connectivity index (χ0v) is 14.7. The van der Waals surface area contributed by atoms with E-state index in [2.05, 4.69) is 10.9 Å². The first-order valence-corrected chi connectivity index (χ1v) is 8.61. The van der Waals surface area contributed by atoms with Gasteiger partial charge in [0, 0.05) is 16.0 Å². The van der Waals surface area contributed by atoms with Crippen LogP contribution in [0.4, 0.5) is 0 Å². The third kappa shape index (κ3) is 6.48. The molecular formula is C18H17ClN2O2S. The van der Waals surface area contributed by atoms with E-state index in [9.17, 15) is 9.59 Å². The summed E-state index contributed by atoms with van der Waals surface area (Å²) in [4.78, 5) is 24.4. The lowest BCUT2D eigenvalue weighted by atomic mass is 10.2. The van der Waals surface area contributed by atoms with Crippen molar-refractivity contribution < 1.29 is 9.59 Å². The number of thioether (sulfide) groups is 1. The zero-order chi connectivity index (χ0) is 17.4. The normalized spacial score (nSPS) is 10.6. The van der Waals surface area contributed by atoms with Crippen LogP contribution in [-0.2, 0) is 9.59 Å². The van der Waals surface area contributed by atoms with Gasteiger partial charge < -0.3 is 0 Å². The molecule has 0 radical (unpaired) electrons. The predicted molar refractivity (Wildman–Crippen MR) is 98.7 cm³/mol. The Balaban J connectivity index is 1.72. The number of carbonyl (C=O) groups is 2. The molecule has 6 heteroatoms. The van der Waals surface area contributed by atoms with E-state index in [1.54, 1.807) is 24.3 Å². The van der Waals surface area contributed by atoms with Gasteiger partial charge in [-0.15, -0.1) is 11.8 Å². The Bertz CT molecular complexity index is 745. The lowest BCUT2D eigenvalue weighted by molar-refractivity contribution is -0.125. The second kappa shape index (κ2) is 9.15. The van der Waals surface area contributed by atoms with Crippen molar-refractivity contribution in [1.29, 1.82) is 0 Å². The molecule has 0 aliphatic heterocycles. The van der Waals surface area contributed by atoms with Gasteiger partial charge in [-0.1, -0.05) is 41.4 Å². The summed E-state index contributed by atoms with van der Waals surface area (Å²) in [5.74, 6) is -0.463. The molecule has 24 heavy (non-hydrogen) atoms. The third-order valence-electron chi connectivity index (χ3n) is 2.99. The summed E-state index contributed by atoms with van der Waals surface area (Å²) < 4.78 is 0. The van der Waals surface area contributed by atoms with Crippen molar-refractivity contribution in [3.63, 3.8) is 0 Å². The number of halogens is 1. The van der Waals surface area contributed by atoms with Crippen molar-refractivity contribution in [3.05, 3.63) is 70.8 Å². The van der Waals surface area contributed by atoms with Gasteiger partial charge in [-0.2, -0.15) is 0 Å². The molecule has 2 amide bonds. The highest BCUT2D eigenvalue weighted by molar-refractivity contribution is 8.00. The SMILES string of the molecule is Cc1ccc(SCC(=O)NNC(=O)/C=C/c2cccc(Cl)c2)cc1. The molecule has 2 rings (SSSR count). The minimum Gasteiger partial charge on any atom is -0.272 e. The molecule has 0 aliphatic carbocycles. The molecular weight excluding hydrogens is 344 g/mol. The number of hydrogen-bond acceptors (Lipinski definition) is 3. The highest BCUT2D eigenvalue weighted by Crippen LogP contribution is 2.17. The van der Waals surface area contributed by atoms with Crippen LogP contribution in [0.2, 0.25) is 5.02 Å². The number of hydrogen-bond donors (Lipinski definition) is 2. The van der Waals surface area contributed by atoms with E-state index in [-0.39, 0.29) is 11.7 Å². The Kier molecular flexibility index (Phi) is 6.90. The lowest BCUT2D eigenvalue weighted by Gasteiger charge is -2.05. The second-order valence-corrected chi connectivity index (χ2v) is 6.51. The molecule has 4 nitrogen and oxygen atoms in total. The van der Waals surface area contributed by atoms with Crippen LogP contribution in [0, 0.1) is 6.92 Å². The number of amides is 2. The number of aryl methyl sites for hydroxylation is 1. The van der Waals surface area contributed by atoms with Crippen LogP contribution in [0.25, 0.3) is 6.08 Å². The quantitative estimate of drug-likeness (QED) is 0.486. The Morgan fingerprint density at radius 3 is 2.58 bits per heavy atom. The van der Waals surface area contributed by atoms with Crippen molar-refractivity contribution in [2.75, 3.05) is 5.75 Å². The van der Waals surface area contributed by atoms with Gasteiger partial charge in [-0.3, -0.25) is 20.4 Å². The fourth-order valence-corrected chi connectivity index (χ4v) is 2.67. The van der Waals surface area contributed by atoms with Crippen molar-refractivity contribution >= 4 is 41.3 Å². The number of nitrogens with one attached hydrogen (secondary N) is 2. The highest BCUT2D eigenvalue weighted by atomic mass is 35.5. The lowest BCUT2D eigenvalue weighted by Crippen LogP contribution is -2.41. The molecule has 0 aromatic heterocycles. The topological polar surface area (TPSA) is 58.2 Å². The van der Waals surface area contributed by atoms with Gasteiger partial charge in [0.15, 0.2) is 0 Å². The van der Waals surface area contributed by atoms with Crippen LogP contribution < -0.4 is 10.9 Å². The molecule has 2 aromatic rings. The average Bonchev–Trinajstić information content (AvgIpc) is 2.57. The van der Waals surface area contributed by atoms with E-state index in [1.165, 1.54) is 23.4 Å². The third-order valence-corrected chi connectivity index (χ3v) is 4.24. The summed E-state index contributed by atoms with van der Waals surface area (Å²) in [6, 6.07) is 15.0. The Labute approximate surface area is 150 Å². The number of hydrazine groups is 1. The Morgan fingerprint density at radius 1 is 1.12 bits per heavy atom. The summed E-state index contributed by atoms with van der Waals surface area (Å²) in [6.07, 6.45) is 2.95. The number of carbonyl (C=O) groups excluding carboxylic acids is 2. The minimum absolute atomic E-state index is 0.224. The largest absolute Gasteiger partial charge is 0.272 e. The predicted octanol–water partition coefficient (Wildman–Crippen LogP) is 3.60. The average molecular weight is 361 g/mol. The molecule has 0 aliphatic rings. The Hall–Kier alpha value is -2.24. The standard InChI is InChI=1S/C18H17ClN2O2S/c1-13-5-8-16(9-6-13)24-12-18(23)21-20-17(22)10-7-14-3-2-4-15(19)11-14/h2-11H,12H2,1H3,(H,20,22)(H,21,23)/b10-7+. The molecule has 0 saturated carbocycles. The monoisotopic (exact) mass is 360 g/mol. The summed E-state index contributed by atoms with van der Waals surface area (Å²) in [6.45, 7) is 2.01. The van der Waals surface area contributed by atoms with Crippen LogP contribution in [0.3, 0.4) is 0 Å². The van der Waals surface area contributed by atoms with Crippen LogP contribution in [0.5, 0.6) is 0 Å². The molecule has 0 unspecified atom stereocenters. The molecule has 0 saturated heterocycles. The molecule has 124 valence electrons. The molecule has 2 aromatic carbocycles. The van der Waals surface area contributed by atoms with Gasteiger partial charge >= 0.3 is 0 Å². The molecule has 0 atom stereocenters. The van der Waals surface area contributed by atoms with Crippen molar-refractivity contribution in [3.8, 4) is 0 Å². The zero-order valence-electron chi connectivity index (χ0n) is 13.1. The fourth-order valence-electron chi connectivity index (χ4n) is 1.77. The Morgan fingerprint density at radius 2 is 1.88 bits per heavy atom. The first-order chi connectivity index (χ1) is 11.5. The van der Waals surface area contributed by atoms with E-state index in [0.717, 1.165) is 10.5 Å². The van der Waals surface area contributed by atoms with Gasteiger partial charge in [-0.05, 0) is 42.8 Å².